The zero-order valence-electron chi connectivity index (χ0n) is 19.7. The third-order valence-corrected chi connectivity index (χ3v) is 5.81. The Morgan fingerprint density at radius 1 is 0.912 bits per heavy atom. The Labute approximate surface area is 200 Å². The van der Waals surface area contributed by atoms with E-state index in [0.29, 0.717) is 75.6 Å². The number of hydrogen-bond acceptors (Lipinski definition) is 6. The van der Waals surface area contributed by atoms with Crippen LogP contribution in [0.3, 0.4) is 0 Å². The fourth-order valence-electron chi connectivity index (χ4n) is 3.85. The Hall–Kier alpha value is -3.26. The summed E-state index contributed by atoms with van der Waals surface area (Å²) in [5.41, 5.74) is 0.566. The highest BCUT2D eigenvalue weighted by atomic mass is 16.5. The molecule has 2 fully saturated rings. The van der Waals surface area contributed by atoms with E-state index in [1.165, 1.54) is 0 Å². The van der Waals surface area contributed by atoms with Crippen molar-refractivity contribution in [3.8, 4) is 17.2 Å². The van der Waals surface area contributed by atoms with Gasteiger partial charge in [-0.2, -0.15) is 0 Å². The molecule has 2 aromatic rings. The van der Waals surface area contributed by atoms with Crippen LogP contribution < -0.4 is 19.5 Å². The number of amides is 2. The summed E-state index contributed by atoms with van der Waals surface area (Å²) in [7, 11) is 0. The number of para-hydroxylation sites is 1. The predicted molar refractivity (Wildman–Crippen MR) is 129 cm³/mol. The monoisotopic (exact) mass is 467 g/mol. The highest BCUT2D eigenvalue weighted by Crippen LogP contribution is 2.29. The molecule has 2 amide bonds. The molecule has 0 spiro atoms. The molecule has 0 bridgehead atoms. The molecule has 1 saturated heterocycles. The quantitative estimate of drug-likeness (QED) is 0.512. The van der Waals surface area contributed by atoms with Gasteiger partial charge >= 0.3 is 0 Å². The summed E-state index contributed by atoms with van der Waals surface area (Å²) in [5, 5.41) is 3.02. The van der Waals surface area contributed by atoms with E-state index in [2.05, 4.69) is 10.2 Å². The van der Waals surface area contributed by atoms with Gasteiger partial charge in [-0.25, -0.2) is 0 Å². The second kappa shape index (κ2) is 11.7. The maximum absolute atomic E-state index is 13.1. The van der Waals surface area contributed by atoms with Crippen molar-refractivity contribution in [3.05, 3.63) is 54.1 Å². The number of nitrogens with one attached hydrogen (secondary N) is 1. The van der Waals surface area contributed by atoms with Crippen LogP contribution in [0.5, 0.6) is 17.2 Å². The predicted octanol–water partition coefficient (Wildman–Crippen LogP) is 2.58. The fourth-order valence-corrected chi connectivity index (χ4v) is 3.85. The van der Waals surface area contributed by atoms with Crippen molar-refractivity contribution in [2.45, 2.75) is 25.8 Å². The highest BCUT2D eigenvalue weighted by Gasteiger charge is 2.27. The van der Waals surface area contributed by atoms with Crippen molar-refractivity contribution in [1.29, 1.82) is 0 Å². The smallest absolute Gasteiger partial charge is 0.254 e. The maximum Gasteiger partial charge on any atom is 0.254 e. The first-order valence-corrected chi connectivity index (χ1v) is 12.0. The van der Waals surface area contributed by atoms with Crippen molar-refractivity contribution in [2.75, 3.05) is 52.5 Å². The lowest BCUT2D eigenvalue weighted by Crippen LogP contribution is -2.51. The topological polar surface area (TPSA) is 80.3 Å². The zero-order chi connectivity index (χ0) is 23.8. The van der Waals surface area contributed by atoms with Crippen LogP contribution in [-0.4, -0.2) is 80.2 Å². The molecular weight excluding hydrogens is 434 g/mol. The Bertz CT molecular complexity index is 956. The average molecular weight is 468 g/mol. The lowest BCUT2D eigenvalue weighted by molar-refractivity contribution is -0.122. The summed E-state index contributed by atoms with van der Waals surface area (Å²) in [6.07, 6.45) is 2.17. The summed E-state index contributed by atoms with van der Waals surface area (Å²) in [6, 6.07) is 15.2. The molecule has 0 aromatic heterocycles. The molecular formula is C26H33N3O5. The maximum atomic E-state index is 13.1. The third kappa shape index (κ3) is 6.87. The van der Waals surface area contributed by atoms with Crippen LogP contribution in [0.25, 0.3) is 0 Å². The van der Waals surface area contributed by atoms with Crippen LogP contribution in [0.2, 0.25) is 0 Å². The Balaban J connectivity index is 1.27. The molecule has 0 unspecified atom stereocenters. The van der Waals surface area contributed by atoms with Gasteiger partial charge in [0, 0.05) is 37.8 Å². The van der Waals surface area contributed by atoms with Gasteiger partial charge in [0.05, 0.1) is 13.2 Å². The summed E-state index contributed by atoms with van der Waals surface area (Å²) < 4.78 is 17.3. The molecule has 0 radical (unpaired) electrons. The van der Waals surface area contributed by atoms with E-state index in [4.69, 9.17) is 14.2 Å². The van der Waals surface area contributed by atoms with Crippen molar-refractivity contribution in [2.24, 2.45) is 0 Å². The Morgan fingerprint density at radius 2 is 1.65 bits per heavy atom. The van der Waals surface area contributed by atoms with Gasteiger partial charge in [0.1, 0.15) is 19.0 Å². The van der Waals surface area contributed by atoms with E-state index in [9.17, 15) is 9.59 Å². The summed E-state index contributed by atoms with van der Waals surface area (Å²) >= 11 is 0. The van der Waals surface area contributed by atoms with E-state index in [-0.39, 0.29) is 11.8 Å². The molecule has 8 heteroatoms. The van der Waals surface area contributed by atoms with Crippen LogP contribution in [0.1, 0.15) is 30.1 Å². The first-order valence-electron chi connectivity index (χ1n) is 12.0. The van der Waals surface area contributed by atoms with Crippen LogP contribution >= 0.6 is 0 Å². The largest absolute Gasteiger partial charge is 0.490 e. The first kappa shape index (κ1) is 23.9. The lowest BCUT2D eigenvalue weighted by Gasteiger charge is -2.34. The van der Waals surface area contributed by atoms with E-state index < -0.39 is 0 Å². The van der Waals surface area contributed by atoms with Crippen LogP contribution in [0, 0.1) is 0 Å². The number of carbonyl (C=O) groups excluding carboxylic acids is 2. The molecule has 1 heterocycles. The van der Waals surface area contributed by atoms with Gasteiger partial charge in [-0.1, -0.05) is 18.2 Å². The van der Waals surface area contributed by atoms with E-state index >= 15 is 0 Å². The second-order valence-corrected chi connectivity index (χ2v) is 8.51. The van der Waals surface area contributed by atoms with Gasteiger partial charge < -0.3 is 24.4 Å². The molecule has 2 aromatic carbocycles. The normalized spacial score (nSPS) is 16.1. The molecule has 182 valence electrons. The number of ether oxygens (including phenoxy) is 3. The molecule has 2 aliphatic rings. The third-order valence-electron chi connectivity index (χ3n) is 5.81. The SMILES string of the molecule is CCOc1cc(C(=O)N2CCN(CC(=O)NC3CC3)CC2)ccc1OCCOc1ccccc1. The molecule has 8 nitrogen and oxygen atoms in total. The van der Waals surface area contributed by atoms with Crippen LogP contribution in [0.4, 0.5) is 0 Å². The average Bonchev–Trinajstić information content (AvgIpc) is 3.67. The summed E-state index contributed by atoms with van der Waals surface area (Å²) in [6.45, 7) is 6.08. The molecule has 1 aliphatic heterocycles. The van der Waals surface area contributed by atoms with Crippen LogP contribution in [-0.2, 0) is 4.79 Å². The van der Waals surface area contributed by atoms with Gasteiger partial charge in [-0.05, 0) is 50.1 Å². The number of piperazine rings is 1. The lowest BCUT2D eigenvalue weighted by atomic mass is 10.1. The summed E-state index contributed by atoms with van der Waals surface area (Å²) in [5.74, 6) is 1.96. The summed E-state index contributed by atoms with van der Waals surface area (Å²) in [4.78, 5) is 29.0. The van der Waals surface area contributed by atoms with Gasteiger partial charge in [-0.3, -0.25) is 14.5 Å². The molecule has 1 aliphatic carbocycles. The van der Waals surface area contributed by atoms with Gasteiger partial charge in [0.25, 0.3) is 5.91 Å². The minimum Gasteiger partial charge on any atom is -0.490 e. The van der Waals surface area contributed by atoms with Gasteiger partial charge in [0.2, 0.25) is 5.91 Å². The standard InChI is InChI=1S/C26H33N3O5/c1-2-32-24-18-20(8-11-23(24)34-17-16-33-22-6-4-3-5-7-22)26(31)29-14-12-28(13-15-29)19-25(30)27-21-9-10-21/h3-8,11,18,21H,2,9-10,12-17,19H2,1H3,(H,27,30). The minimum atomic E-state index is -0.0398. The molecule has 1 saturated carbocycles. The van der Waals surface area contributed by atoms with E-state index in [1.54, 1.807) is 18.2 Å². The second-order valence-electron chi connectivity index (χ2n) is 8.51. The first-order chi connectivity index (χ1) is 16.6. The Kier molecular flexibility index (Phi) is 8.25. The van der Waals surface area contributed by atoms with Crippen molar-refractivity contribution in [3.63, 3.8) is 0 Å². The number of carbonyl (C=O) groups is 2. The molecule has 0 atom stereocenters. The number of benzene rings is 2. The molecule has 4 rings (SSSR count). The van der Waals surface area contributed by atoms with E-state index in [0.717, 1.165) is 18.6 Å². The molecule has 1 N–H and O–H groups in total. The number of nitrogens with zero attached hydrogens (tertiary/aromatic N) is 2. The van der Waals surface area contributed by atoms with Crippen LogP contribution in [0.15, 0.2) is 48.5 Å². The minimum absolute atomic E-state index is 0.0398. The van der Waals surface area contributed by atoms with Crippen molar-refractivity contribution >= 4 is 11.8 Å². The van der Waals surface area contributed by atoms with Gasteiger partial charge in [0.15, 0.2) is 11.5 Å². The zero-order valence-corrected chi connectivity index (χ0v) is 19.7. The van der Waals surface area contributed by atoms with E-state index in [1.807, 2.05) is 42.2 Å². The highest BCUT2D eigenvalue weighted by molar-refractivity contribution is 5.95. The Morgan fingerprint density at radius 3 is 2.35 bits per heavy atom. The fraction of sp³-hybridized carbons (Fsp3) is 0.462. The van der Waals surface area contributed by atoms with Crippen molar-refractivity contribution in [1.82, 2.24) is 15.1 Å². The number of rotatable bonds is 11. The van der Waals surface area contributed by atoms with Crippen molar-refractivity contribution < 1.29 is 23.8 Å². The molecule has 34 heavy (non-hydrogen) atoms. The number of hydrogen-bond donors (Lipinski definition) is 1. The van der Waals surface area contributed by atoms with Gasteiger partial charge in [-0.15, -0.1) is 0 Å².